The van der Waals surface area contributed by atoms with Gasteiger partial charge in [-0.15, -0.1) is 0 Å². The van der Waals surface area contributed by atoms with Gasteiger partial charge in [0.05, 0.1) is 19.3 Å². The summed E-state index contributed by atoms with van der Waals surface area (Å²) in [5.74, 6) is 1.09. The quantitative estimate of drug-likeness (QED) is 0.773. The van der Waals surface area contributed by atoms with Crippen LogP contribution in [-0.2, 0) is 9.53 Å². The summed E-state index contributed by atoms with van der Waals surface area (Å²) in [5.41, 5.74) is 0. The molecule has 21 heavy (non-hydrogen) atoms. The number of likely N-dealkylation sites (tertiary alicyclic amines) is 1. The van der Waals surface area contributed by atoms with Crippen molar-refractivity contribution in [1.29, 1.82) is 0 Å². The van der Waals surface area contributed by atoms with E-state index >= 15 is 0 Å². The number of carbonyl (C=O) groups excluding carboxylic acids is 1. The molecule has 1 aliphatic heterocycles. The zero-order chi connectivity index (χ0) is 15.1. The second-order valence-electron chi connectivity index (χ2n) is 5.26. The normalized spacial score (nSPS) is 17.0. The van der Waals surface area contributed by atoms with Gasteiger partial charge in [0.25, 0.3) is 0 Å². The summed E-state index contributed by atoms with van der Waals surface area (Å²) in [4.78, 5) is 14.1. The van der Waals surface area contributed by atoms with Crippen molar-refractivity contribution in [2.24, 2.45) is 0 Å². The third-order valence-electron chi connectivity index (χ3n) is 3.53. The van der Waals surface area contributed by atoms with Gasteiger partial charge in [0.2, 0.25) is 5.91 Å². The Kier molecular flexibility index (Phi) is 6.16. The largest absolute Gasteiger partial charge is 0.394 e. The fourth-order valence-corrected chi connectivity index (χ4v) is 2.41. The van der Waals surface area contributed by atoms with Crippen molar-refractivity contribution < 1.29 is 19.2 Å². The minimum atomic E-state index is -0.0537. The average molecular weight is 297 g/mol. The molecule has 0 aliphatic carbocycles. The molecule has 0 saturated carbocycles. The van der Waals surface area contributed by atoms with Crippen molar-refractivity contribution >= 4 is 11.7 Å². The van der Waals surface area contributed by atoms with Gasteiger partial charge in [-0.3, -0.25) is 4.79 Å². The van der Waals surface area contributed by atoms with Gasteiger partial charge in [0.1, 0.15) is 5.76 Å². The maximum Gasteiger partial charge on any atom is 0.226 e. The lowest BCUT2D eigenvalue weighted by Gasteiger charge is -2.31. The standard InChI is InChI=1S/C14H23N3O4/c1-11-10-13(16-21-11)15-14(19)4-7-17-5-2-12(3-6-17)20-9-8-18/h10,12,18H,2-9H2,1H3,(H,15,16,19). The molecule has 1 aromatic rings. The SMILES string of the molecule is Cc1cc(NC(=O)CCN2CCC(OCCO)CC2)no1. The van der Waals surface area contributed by atoms with Crippen molar-refractivity contribution in [2.45, 2.75) is 32.3 Å². The van der Waals surface area contributed by atoms with E-state index in [2.05, 4.69) is 15.4 Å². The van der Waals surface area contributed by atoms with Gasteiger partial charge in [0, 0.05) is 32.1 Å². The number of nitrogens with zero attached hydrogens (tertiary/aromatic N) is 2. The van der Waals surface area contributed by atoms with E-state index in [-0.39, 0.29) is 18.6 Å². The highest BCUT2D eigenvalue weighted by molar-refractivity contribution is 5.89. The number of aryl methyl sites for hydroxylation is 1. The van der Waals surface area contributed by atoms with Crippen LogP contribution in [0.15, 0.2) is 10.6 Å². The first kappa shape index (κ1) is 15.9. The zero-order valence-corrected chi connectivity index (χ0v) is 12.4. The van der Waals surface area contributed by atoms with Crippen LogP contribution in [0.5, 0.6) is 0 Å². The predicted octanol–water partition coefficient (Wildman–Crippen LogP) is 0.785. The van der Waals surface area contributed by atoms with E-state index in [4.69, 9.17) is 14.4 Å². The molecule has 0 radical (unpaired) electrons. The van der Waals surface area contributed by atoms with Gasteiger partial charge >= 0.3 is 0 Å². The van der Waals surface area contributed by atoms with E-state index in [1.165, 1.54) is 0 Å². The van der Waals surface area contributed by atoms with Crippen molar-refractivity contribution in [3.63, 3.8) is 0 Å². The molecule has 1 aromatic heterocycles. The van der Waals surface area contributed by atoms with Crippen LogP contribution in [-0.4, -0.2) is 60.0 Å². The number of aliphatic hydroxyl groups excluding tert-OH is 1. The number of carbonyl (C=O) groups is 1. The molecule has 7 heteroatoms. The summed E-state index contributed by atoms with van der Waals surface area (Å²) in [5, 5.41) is 15.2. The molecule has 2 rings (SSSR count). The summed E-state index contributed by atoms with van der Waals surface area (Å²) in [6.07, 6.45) is 2.57. The Labute approximate surface area is 124 Å². The molecular formula is C14H23N3O4. The van der Waals surface area contributed by atoms with Crippen molar-refractivity contribution in [3.05, 3.63) is 11.8 Å². The fourth-order valence-electron chi connectivity index (χ4n) is 2.41. The molecule has 2 heterocycles. The molecule has 1 amide bonds. The second kappa shape index (κ2) is 8.11. The highest BCUT2D eigenvalue weighted by Crippen LogP contribution is 2.14. The first-order valence-corrected chi connectivity index (χ1v) is 7.35. The lowest BCUT2D eigenvalue weighted by Crippen LogP contribution is -2.38. The zero-order valence-electron chi connectivity index (χ0n) is 12.4. The molecule has 0 unspecified atom stereocenters. The summed E-state index contributed by atoms with van der Waals surface area (Å²) < 4.78 is 10.4. The van der Waals surface area contributed by atoms with Crippen LogP contribution in [0.2, 0.25) is 0 Å². The number of nitrogens with one attached hydrogen (secondary N) is 1. The first-order chi connectivity index (χ1) is 10.2. The highest BCUT2D eigenvalue weighted by atomic mass is 16.5. The highest BCUT2D eigenvalue weighted by Gasteiger charge is 2.20. The molecule has 7 nitrogen and oxygen atoms in total. The number of anilines is 1. The van der Waals surface area contributed by atoms with Gasteiger partial charge in [0.15, 0.2) is 5.82 Å². The van der Waals surface area contributed by atoms with Gasteiger partial charge in [-0.1, -0.05) is 5.16 Å². The Morgan fingerprint density at radius 1 is 1.57 bits per heavy atom. The molecule has 1 saturated heterocycles. The molecule has 1 aliphatic rings. The Morgan fingerprint density at radius 3 is 2.95 bits per heavy atom. The van der Waals surface area contributed by atoms with Gasteiger partial charge < -0.3 is 24.6 Å². The number of piperidine rings is 1. The Balaban J connectivity index is 1.62. The van der Waals surface area contributed by atoms with Crippen LogP contribution < -0.4 is 5.32 Å². The molecule has 0 atom stereocenters. The van der Waals surface area contributed by atoms with Crippen LogP contribution in [0.3, 0.4) is 0 Å². The summed E-state index contributed by atoms with van der Waals surface area (Å²) >= 11 is 0. The fraction of sp³-hybridized carbons (Fsp3) is 0.714. The number of rotatable bonds is 7. The van der Waals surface area contributed by atoms with Gasteiger partial charge in [-0.2, -0.15) is 0 Å². The second-order valence-corrected chi connectivity index (χ2v) is 5.26. The lowest BCUT2D eigenvalue weighted by molar-refractivity contribution is -0.116. The predicted molar refractivity (Wildman–Crippen MR) is 77.0 cm³/mol. The van der Waals surface area contributed by atoms with Crippen LogP contribution >= 0.6 is 0 Å². The summed E-state index contributed by atoms with van der Waals surface area (Å²) in [6, 6.07) is 1.70. The summed E-state index contributed by atoms with van der Waals surface area (Å²) in [6.45, 7) is 4.84. The van der Waals surface area contributed by atoms with Crippen LogP contribution in [0.4, 0.5) is 5.82 Å². The average Bonchev–Trinajstić information content (AvgIpc) is 2.89. The molecule has 1 fully saturated rings. The third kappa shape index (κ3) is 5.45. The maximum atomic E-state index is 11.8. The molecular weight excluding hydrogens is 274 g/mol. The Hall–Kier alpha value is -1.44. The van der Waals surface area contributed by atoms with Crippen molar-refractivity contribution in [2.75, 3.05) is 38.2 Å². The monoisotopic (exact) mass is 297 g/mol. The van der Waals surface area contributed by atoms with E-state index in [9.17, 15) is 4.79 Å². The minimum Gasteiger partial charge on any atom is -0.394 e. The van der Waals surface area contributed by atoms with E-state index in [1.54, 1.807) is 13.0 Å². The molecule has 118 valence electrons. The molecule has 0 aromatic carbocycles. The van der Waals surface area contributed by atoms with E-state index in [0.29, 0.717) is 24.6 Å². The van der Waals surface area contributed by atoms with Crippen molar-refractivity contribution in [3.8, 4) is 0 Å². The minimum absolute atomic E-state index is 0.0537. The van der Waals surface area contributed by atoms with Crippen LogP contribution in [0.1, 0.15) is 25.0 Å². The Morgan fingerprint density at radius 2 is 2.33 bits per heavy atom. The van der Waals surface area contributed by atoms with E-state index in [0.717, 1.165) is 32.5 Å². The van der Waals surface area contributed by atoms with E-state index in [1.807, 2.05) is 0 Å². The lowest BCUT2D eigenvalue weighted by atomic mass is 10.1. The van der Waals surface area contributed by atoms with Gasteiger partial charge in [-0.05, 0) is 19.8 Å². The molecule has 0 bridgehead atoms. The molecule has 2 N–H and O–H groups in total. The molecule has 0 spiro atoms. The van der Waals surface area contributed by atoms with E-state index < -0.39 is 0 Å². The topological polar surface area (TPSA) is 87.8 Å². The van der Waals surface area contributed by atoms with Crippen LogP contribution in [0, 0.1) is 6.92 Å². The van der Waals surface area contributed by atoms with Crippen LogP contribution in [0.25, 0.3) is 0 Å². The number of aliphatic hydroxyl groups is 1. The summed E-state index contributed by atoms with van der Waals surface area (Å²) in [7, 11) is 0. The number of amides is 1. The number of hydrogen-bond donors (Lipinski definition) is 2. The number of aromatic nitrogens is 1. The smallest absolute Gasteiger partial charge is 0.226 e. The Bertz CT molecular complexity index is 441. The number of ether oxygens (including phenoxy) is 1. The van der Waals surface area contributed by atoms with Gasteiger partial charge in [-0.25, -0.2) is 0 Å². The number of hydrogen-bond acceptors (Lipinski definition) is 6. The first-order valence-electron chi connectivity index (χ1n) is 7.35. The van der Waals surface area contributed by atoms with Crippen molar-refractivity contribution in [1.82, 2.24) is 10.1 Å². The third-order valence-corrected chi connectivity index (χ3v) is 3.53. The maximum absolute atomic E-state index is 11.8.